The molecule has 0 aliphatic carbocycles. The highest BCUT2D eigenvalue weighted by Gasteiger charge is 2.38. The van der Waals surface area contributed by atoms with Crippen molar-refractivity contribution in [1.82, 2.24) is 34.6 Å². The fourth-order valence-corrected chi connectivity index (χ4v) is 5.20. The highest BCUT2D eigenvalue weighted by Crippen LogP contribution is 2.43. The van der Waals surface area contributed by atoms with E-state index in [-0.39, 0.29) is 36.3 Å². The normalized spacial score (nSPS) is 18.7. The Morgan fingerprint density at radius 2 is 1.92 bits per heavy atom. The Balaban J connectivity index is 1.34. The van der Waals surface area contributed by atoms with Gasteiger partial charge < -0.3 is 19.3 Å². The van der Waals surface area contributed by atoms with E-state index in [2.05, 4.69) is 25.0 Å². The van der Waals surface area contributed by atoms with Crippen LogP contribution < -0.4 is 9.64 Å². The number of aryl methyl sites for hydroxylation is 2. The first kappa shape index (κ1) is 25.3. The molecule has 1 atom stereocenters. The van der Waals surface area contributed by atoms with Crippen molar-refractivity contribution in [2.24, 2.45) is 0 Å². The van der Waals surface area contributed by atoms with Gasteiger partial charge in [-0.3, -0.25) is 4.79 Å². The number of carbonyl (C=O) groups is 1. The molecule has 5 rings (SSSR count). The number of ether oxygens (including phenoxy) is 2. The SMILES string of the molecule is Cc1nc(C)n(CC(=O)N2CCN(c3sc(C(F)(F)F)nc3-c3cnc(OC4COC4)nc3)C[C@H]2C)n1. The number of carbonyl (C=O) groups excluding carboxylic acids is 1. The van der Waals surface area contributed by atoms with Crippen molar-refractivity contribution in [3.05, 3.63) is 29.1 Å². The quantitative estimate of drug-likeness (QED) is 0.467. The average molecular weight is 539 g/mol. The van der Waals surface area contributed by atoms with Gasteiger partial charge in [-0.1, -0.05) is 11.3 Å². The van der Waals surface area contributed by atoms with E-state index in [0.717, 1.165) is 0 Å². The number of thiazole rings is 1. The highest BCUT2D eigenvalue weighted by atomic mass is 32.1. The zero-order valence-electron chi connectivity index (χ0n) is 20.4. The molecule has 3 aromatic rings. The molecule has 0 bridgehead atoms. The topological polar surface area (TPSA) is 111 Å². The summed E-state index contributed by atoms with van der Waals surface area (Å²) < 4.78 is 53.0. The number of piperazine rings is 1. The molecule has 2 saturated heterocycles. The number of hydrogen-bond acceptors (Lipinski definition) is 10. The molecule has 0 radical (unpaired) electrons. The van der Waals surface area contributed by atoms with Crippen molar-refractivity contribution in [1.29, 1.82) is 0 Å². The molecule has 3 aromatic heterocycles. The second kappa shape index (κ2) is 9.85. The van der Waals surface area contributed by atoms with Crippen molar-refractivity contribution in [2.45, 2.75) is 45.6 Å². The lowest BCUT2D eigenvalue weighted by atomic mass is 10.1. The third kappa shape index (κ3) is 5.37. The molecular formula is C22H25F3N8O3S. The van der Waals surface area contributed by atoms with Crippen molar-refractivity contribution in [3.63, 3.8) is 0 Å². The molecule has 0 unspecified atom stereocenters. The van der Waals surface area contributed by atoms with Gasteiger partial charge in [0, 0.05) is 43.6 Å². The Bertz CT molecular complexity index is 1280. The van der Waals surface area contributed by atoms with Crippen LogP contribution in [0.3, 0.4) is 0 Å². The molecule has 37 heavy (non-hydrogen) atoms. The van der Waals surface area contributed by atoms with E-state index < -0.39 is 11.2 Å². The standard InChI is InChI=1S/C22H25F3N8O3S/c1-12-8-31(4-5-32(12)17(34)9-33-14(3)28-13(2)30-33)19-18(29-20(37-19)22(23,24)25)15-6-26-21(27-7-15)36-16-10-35-11-16/h6-7,12,16H,4-5,8-11H2,1-3H3/t12-/m1/s1. The lowest BCUT2D eigenvalue weighted by Crippen LogP contribution is -2.54. The first-order chi connectivity index (χ1) is 17.6. The van der Waals surface area contributed by atoms with Gasteiger partial charge in [-0.2, -0.15) is 18.3 Å². The van der Waals surface area contributed by atoms with E-state index in [1.165, 1.54) is 12.4 Å². The molecule has 2 aliphatic rings. The molecule has 11 nitrogen and oxygen atoms in total. The van der Waals surface area contributed by atoms with Gasteiger partial charge in [0.1, 0.15) is 35.0 Å². The second-order valence-corrected chi connectivity index (χ2v) is 9.93. The highest BCUT2D eigenvalue weighted by molar-refractivity contribution is 7.16. The van der Waals surface area contributed by atoms with Crippen LogP contribution in [0.2, 0.25) is 0 Å². The summed E-state index contributed by atoms with van der Waals surface area (Å²) in [7, 11) is 0. The lowest BCUT2D eigenvalue weighted by molar-refractivity contribution is -0.137. The smallest absolute Gasteiger partial charge is 0.443 e. The van der Waals surface area contributed by atoms with E-state index in [9.17, 15) is 18.0 Å². The van der Waals surface area contributed by atoms with E-state index in [1.54, 1.807) is 23.4 Å². The Morgan fingerprint density at radius 1 is 1.19 bits per heavy atom. The van der Waals surface area contributed by atoms with Gasteiger partial charge in [0.25, 0.3) is 0 Å². The van der Waals surface area contributed by atoms with Crippen LogP contribution in [-0.4, -0.2) is 85.5 Å². The maximum absolute atomic E-state index is 13.6. The predicted octanol–water partition coefficient (Wildman–Crippen LogP) is 2.34. The summed E-state index contributed by atoms with van der Waals surface area (Å²) in [4.78, 5) is 32.9. The minimum atomic E-state index is -4.59. The molecule has 5 heterocycles. The van der Waals surface area contributed by atoms with Crippen molar-refractivity contribution in [2.75, 3.05) is 37.7 Å². The Hall–Kier alpha value is -3.33. The second-order valence-electron chi connectivity index (χ2n) is 8.95. The summed E-state index contributed by atoms with van der Waals surface area (Å²) in [5.74, 6) is 1.11. The van der Waals surface area contributed by atoms with Crippen LogP contribution in [0.1, 0.15) is 23.6 Å². The summed E-state index contributed by atoms with van der Waals surface area (Å²) in [6.45, 7) is 7.39. The van der Waals surface area contributed by atoms with Crippen LogP contribution in [0.15, 0.2) is 12.4 Å². The van der Waals surface area contributed by atoms with Gasteiger partial charge in [-0.15, -0.1) is 0 Å². The maximum Gasteiger partial charge on any atom is 0.443 e. The number of amides is 1. The monoisotopic (exact) mass is 538 g/mol. The van der Waals surface area contributed by atoms with E-state index in [4.69, 9.17) is 9.47 Å². The van der Waals surface area contributed by atoms with Gasteiger partial charge in [0.05, 0.1) is 13.2 Å². The number of rotatable bonds is 6. The number of alkyl halides is 3. The van der Waals surface area contributed by atoms with E-state index in [1.807, 2.05) is 11.8 Å². The van der Waals surface area contributed by atoms with Crippen LogP contribution in [-0.2, 0) is 22.3 Å². The van der Waals surface area contributed by atoms with Crippen molar-refractivity contribution >= 4 is 22.2 Å². The molecule has 0 aromatic carbocycles. The molecule has 2 aliphatic heterocycles. The molecule has 1 amide bonds. The third-order valence-electron chi connectivity index (χ3n) is 6.12. The minimum Gasteiger partial charge on any atom is -0.455 e. The average Bonchev–Trinajstić information content (AvgIpc) is 3.40. The number of nitrogens with zero attached hydrogens (tertiary/aromatic N) is 8. The van der Waals surface area contributed by atoms with Crippen LogP contribution in [0.4, 0.5) is 18.2 Å². The molecule has 2 fully saturated rings. The van der Waals surface area contributed by atoms with Crippen LogP contribution in [0, 0.1) is 13.8 Å². The Kier molecular flexibility index (Phi) is 6.74. The minimum absolute atomic E-state index is 0.0553. The molecule has 0 spiro atoms. The maximum atomic E-state index is 13.6. The van der Waals surface area contributed by atoms with E-state index >= 15 is 0 Å². The van der Waals surface area contributed by atoms with Gasteiger partial charge in [-0.05, 0) is 20.8 Å². The van der Waals surface area contributed by atoms with Crippen LogP contribution in [0.25, 0.3) is 11.3 Å². The van der Waals surface area contributed by atoms with Gasteiger partial charge in [0.15, 0.2) is 0 Å². The summed E-state index contributed by atoms with van der Waals surface area (Å²) in [5.41, 5.74) is 0.499. The molecule has 15 heteroatoms. The first-order valence-corrected chi connectivity index (χ1v) is 12.5. The molecule has 198 valence electrons. The fraction of sp³-hybridized carbons (Fsp3) is 0.545. The summed E-state index contributed by atoms with van der Waals surface area (Å²) >= 11 is 0.575. The third-order valence-corrected chi connectivity index (χ3v) is 7.28. The number of hydrogen-bond donors (Lipinski definition) is 0. The van der Waals surface area contributed by atoms with Crippen LogP contribution in [0.5, 0.6) is 6.01 Å². The number of anilines is 1. The molecule has 0 N–H and O–H groups in total. The lowest BCUT2D eigenvalue weighted by Gasteiger charge is -2.40. The van der Waals surface area contributed by atoms with Crippen molar-refractivity contribution < 1.29 is 27.4 Å². The number of halogens is 3. The summed E-state index contributed by atoms with van der Waals surface area (Å²) in [6, 6.07) is -0.115. The predicted molar refractivity (Wildman–Crippen MR) is 126 cm³/mol. The molecule has 0 saturated carbocycles. The fourth-order valence-electron chi connectivity index (χ4n) is 4.21. The summed E-state index contributed by atoms with van der Waals surface area (Å²) in [6.07, 6.45) is -1.91. The zero-order chi connectivity index (χ0) is 26.3. The van der Waals surface area contributed by atoms with Gasteiger partial charge in [0.2, 0.25) is 10.9 Å². The van der Waals surface area contributed by atoms with Crippen molar-refractivity contribution in [3.8, 4) is 17.3 Å². The Morgan fingerprint density at radius 3 is 2.49 bits per heavy atom. The largest absolute Gasteiger partial charge is 0.455 e. The van der Waals surface area contributed by atoms with E-state index in [0.29, 0.717) is 66.4 Å². The Labute approximate surface area is 214 Å². The van der Waals surface area contributed by atoms with Crippen LogP contribution >= 0.6 is 11.3 Å². The summed E-state index contributed by atoms with van der Waals surface area (Å²) in [5, 5.41) is 3.65. The van der Waals surface area contributed by atoms with Gasteiger partial charge >= 0.3 is 12.2 Å². The number of aromatic nitrogens is 6. The first-order valence-electron chi connectivity index (χ1n) is 11.7. The zero-order valence-corrected chi connectivity index (χ0v) is 21.2. The molecular weight excluding hydrogens is 513 g/mol. The van der Waals surface area contributed by atoms with Gasteiger partial charge in [-0.25, -0.2) is 24.6 Å².